The van der Waals surface area contributed by atoms with Gasteiger partial charge >= 0.3 is 0 Å². The van der Waals surface area contributed by atoms with Crippen LogP contribution < -0.4 is 0 Å². The fourth-order valence-electron chi connectivity index (χ4n) is 0.396. The van der Waals surface area contributed by atoms with E-state index >= 15 is 0 Å². The van der Waals surface area contributed by atoms with Crippen molar-refractivity contribution >= 4 is 0 Å². The molecule has 0 aliphatic heterocycles. The number of rotatable bonds is 1. The third kappa shape index (κ3) is 4.06. The van der Waals surface area contributed by atoms with E-state index in [1.807, 2.05) is 6.92 Å². The minimum atomic E-state index is 0.955. The van der Waals surface area contributed by atoms with Crippen molar-refractivity contribution in [2.75, 3.05) is 0 Å². The van der Waals surface area contributed by atoms with Crippen molar-refractivity contribution < 1.29 is 0 Å². The summed E-state index contributed by atoms with van der Waals surface area (Å²) < 4.78 is 0. The summed E-state index contributed by atoms with van der Waals surface area (Å²) in [7, 11) is 0. The van der Waals surface area contributed by atoms with Gasteiger partial charge < -0.3 is 0 Å². The van der Waals surface area contributed by atoms with Crippen molar-refractivity contribution in [1.82, 2.24) is 15.4 Å². The van der Waals surface area contributed by atoms with Crippen molar-refractivity contribution in [3.63, 3.8) is 0 Å². The van der Waals surface area contributed by atoms with Crippen LogP contribution in [0.25, 0.3) is 0 Å². The molecule has 0 aliphatic rings. The fourth-order valence-corrected chi connectivity index (χ4v) is 0.396. The molecule has 0 amide bonds. The summed E-state index contributed by atoms with van der Waals surface area (Å²) in [5.74, 6) is 0. The van der Waals surface area contributed by atoms with Crippen LogP contribution in [0.4, 0.5) is 0 Å². The largest absolute Gasteiger partial charge is 0.198 e. The molecule has 10 heavy (non-hydrogen) atoms. The molecule has 3 nitrogen and oxygen atoms in total. The van der Waals surface area contributed by atoms with Crippen molar-refractivity contribution in [2.24, 2.45) is 0 Å². The highest BCUT2D eigenvalue weighted by molar-refractivity contribution is 4.87. The zero-order chi connectivity index (χ0) is 7.82. The average Bonchev–Trinajstić information content (AvgIpc) is 2.39. The van der Waals surface area contributed by atoms with Crippen LogP contribution in [0.2, 0.25) is 0 Å². The zero-order valence-electron chi connectivity index (χ0n) is 6.89. The molecule has 1 heterocycles. The number of nitrogens with zero attached hydrogens (tertiary/aromatic N) is 2. The second-order valence-electron chi connectivity index (χ2n) is 2.02. The first-order chi connectivity index (χ1) is 4.85. The number of nitrogens with one attached hydrogen (secondary N) is 1. The Bertz CT molecular complexity index is 135. The number of H-pyrrole nitrogens is 1. The summed E-state index contributed by atoms with van der Waals surface area (Å²) in [6, 6.07) is 0. The second kappa shape index (κ2) is 6.26. The van der Waals surface area contributed by atoms with Crippen LogP contribution in [0, 0.1) is 0 Å². The molecule has 0 saturated heterocycles. The molecule has 0 fully saturated rings. The number of hydrogen-bond acceptors (Lipinski definition) is 2. The number of aromatic amines is 1. The van der Waals surface area contributed by atoms with E-state index in [4.69, 9.17) is 0 Å². The average molecular weight is 141 g/mol. The summed E-state index contributed by atoms with van der Waals surface area (Å²) in [6.07, 6.45) is 3.93. The van der Waals surface area contributed by atoms with Crippen molar-refractivity contribution in [2.45, 2.75) is 33.6 Å². The lowest BCUT2D eigenvalue weighted by Crippen LogP contribution is -1.76. The van der Waals surface area contributed by atoms with Crippen LogP contribution in [0.5, 0.6) is 0 Å². The van der Waals surface area contributed by atoms with E-state index in [1.165, 1.54) is 6.42 Å². The van der Waals surface area contributed by atoms with Gasteiger partial charge in [-0.2, -0.15) is 15.4 Å². The maximum absolute atomic E-state index is 3.80. The van der Waals surface area contributed by atoms with Crippen LogP contribution in [-0.2, 0) is 6.42 Å². The van der Waals surface area contributed by atoms with Crippen LogP contribution in [-0.4, -0.2) is 15.4 Å². The third-order valence-corrected chi connectivity index (χ3v) is 0.827. The maximum atomic E-state index is 3.80. The minimum absolute atomic E-state index is 0.955. The Labute approximate surface area is 61.8 Å². The fraction of sp³-hybridized carbons (Fsp3) is 0.714. The van der Waals surface area contributed by atoms with Gasteiger partial charge in [0.05, 0.1) is 11.9 Å². The highest BCUT2D eigenvalue weighted by Gasteiger charge is 1.85. The first-order valence-corrected chi connectivity index (χ1v) is 3.69. The van der Waals surface area contributed by atoms with Gasteiger partial charge in [0.25, 0.3) is 0 Å². The van der Waals surface area contributed by atoms with Gasteiger partial charge in [0.15, 0.2) is 0 Å². The first-order valence-electron chi connectivity index (χ1n) is 3.69. The quantitative estimate of drug-likeness (QED) is 0.647. The molecule has 0 aromatic carbocycles. The third-order valence-electron chi connectivity index (χ3n) is 0.827. The Hall–Kier alpha value is -0.860. The molecular weight excluding hydrogens is 126 g/mol. The lowest BCUT2D eigenvalue weighted by molar-refractivity contribution is 0.908. The smallest absolute Gasteiger partial charge is 0.0821 e. The van der Waals surface area contributed by atoms with Crippen molar-refractivity contribution in [3.05, 3.63) is 11.9 Å². The molecule has 0 bridgehead atoms. The van der Waals surface area contributed by atoms with Gasteiger partial charge in [-0.3, -0.25) is 0 Å². The molecule has 58 valence electrons. The highest BCUT2D eigenvalue weighted by Crippen LogP contribution is 1.85. The Kier molecular flexibility index (Phi) is 5.72. The van der Waals surface area contributed by atoms with Crippen LogP contribution in [0.15, 0.2) is 6.20 Å². The summed E-state index contributed by atoms with van der Waals surface area (Å²) in [6.45, 7) is 6.29. The standard InChI is InChI=1S/C4H7N3.C3H8/c1-2-4-3-5-7-6-4;1-3-2/h3H,2H2,1H3,(H,5,6,7);3H2,1-2H3. The van der Waals surface area contributed by atoms with E-state index in [1.54, 1.807) is 6.20 Å². The molecule has 0 unspecified atom stereocenters. The van der Waals surface area contributed by atoms with Gasteiger partial charge in [-0.1, -0.05) is 27.2 Å². The first kappa shape index (κ1) is 9.14. The van der Waals surface area contributed by atoms with Gasteiger partial charge in [0.1, 0.15) is 0 Å². The second-order valence-corrected chi connectivity index (χ2v) is 2.02. The van der Waals surface area contributed by atoms with E-state index in [0.29, 0.717) is 0 Å². The lowest BCUT2D eigenvalue weighted by Gasteiger charge is -1.74. The summed E-state index contributed by atoms with van der Waals surface area (Å²) in [5, 5.41) is 9.94. The molecular formula is C7H15N3. The minimum Gasteiger partial charge on any atom is -0.198 e. The van der Waals surface area contributed by atoms with Gasteiger partial charge in [-0.25, -0.2) is 0 Å². The van der Waals surface area contributed by atoms with E-state index < -0.39 is 0 Å². The van der Waals surface area contributed by atoms with E-state index in [9.17, 15) is 0 Å². The SMILES string of the molecule is CCC.CCc1cn[nH]n1. The Morgan fingerprint density at radius 2 is 2.00 bits per heavy atom. The molecule has 1 rings (SSSR count). The summed E-state index contributed by atoms with van der Waals surface area (Å²) in [5.41, 5.74) is 1.01. The Balaban J connectivity index is 0.000000236. The number of aromatic nitrogens is 3. The summed E-state index contributed by atoms with van der Waals surface area (Å²) in [4.78, 5) is 0. The predicted molar refractivity (Wildman–Crippen MR) is 41.7 cm³/mol. The Morgan fingerprint density at radius 3 is 2.20 bits per heavy atom. The van der Waals surface area contributed by atoms with Crippen LogP contribution in [0.1, 0.15) is 32.9 Å². The van der Waals surface area contributed by atoms with E-state index in [2.05, 4.69) is 29.3 Å². The molecule has 0 spiro atoms. The van der Waals surface area contributed by atoms with Gasteiger partial charge in [-0.15, -0.1) is 0 Å². The maximum Gasteiger partial charge on any atom is 0.0821 e. The van der Waals surface area contributed by atoms with Crippen molar-refractivity contribution in [3.8, 4) is 0 Å². The summed E-state index contributed by atoms with van der Waals surface area (Å²) >= 11 is 0. The van der Waals surface area contributed by atoms with Crippen LogP contribution in [0.3, 0.4) is 0 Å². The van der Waals surface area contributed by atoms with Gasteiger partial charge in [0.2, 0.25) is 0 Å². The highest BCUT2D eigenvalue weighted by atomic mass is 15.3. The monoisotopic (exact) mass is 141 g/mol. The van der Waals surface area contributed by atoms with Gasteiger partial charge in [-0.05, 0) is 6.42 Å². The zero-order valence-corrected chi connectivity index (χ0v) is 6.89. The topological polar surface area (TPSA) is 41.6 Å². The predicted octanol–water partition coefficient (Wildman–Crippen LogP) is 1.78. The molecule has 0 aliphatic carbocycles. The lowest BCUT2D eigenvalue weighted by atomic mass is 10.4. The molecule has 1 aromatic heterocycles. The normalized spacial score (nSPS) is 8.30. The van der Waals surface area contributed by atoms with E-state index in [0.717, 1.165) is 12.1 Å². The molecule has 3 heteroatoms. The molecule has 0 saturated carbocycles. The van der Waals surface area contributed by atoms with Gasteiger partial charge in [0, 0.05) is 0 Å². The Morgan fingerprint density at radius 1 is 1.40 bits per heavy atom. The molecule has 1 N–H and O–H groups in total. The van der Waals surface area contributed by atoms with E-state index in [-0.39, 0.29) is 0 Å². The van der Waals surface area contributed by atoms with Crippen molar-refractivity contribution in [1.29, 1.82) is 0 Å². The van der Waals surface area contributed by atoms with Crippen LogP contribution >= 0.6 is 0 Å². The number of hydrogen-bond donors (Lipinski definition) is 1. The molecule has 1 aromatic rings. The molecule has 0 radical (unpaired) electrons. The molecule has 0 atom stereocenters. The number of aryl methyl sites for hydroxylation is 1.